The Bertz CT molecular complexity index is 1220. The van der Waals surface area contributed by atoms with Gasteiger partial charge in [0.05, 0.1) is 17.3 Å². The Hall–Kier alpha value is -2.41. The van der Waals surface area contributed by atoms with Crippen LogP contribution >= 0.6 is 0 Å². The first kappa shape index (κ1) is 30.5. The summed E-state index contributed by atoms with van der Waals surface area (Å²) in [5.74, 6) is -0.745. The molecule has 2 N–H and O–H groups in total. The zero-order valence-corrected chi connectivity index (χ0v) is 23.5. The number of nitrogens with one attached hydrogen (secondary N) is 1. The SMILES string of the molecule is Cc1ccc(S(=O)(=O)OCC(CO)OC2=CC[C@H]3CCC(C4=CCC(N(C)C(=O)C(F)(F)F)CC4)N[C@H]3C2)cc1. The van der Waals surface area contributed by atoms with Crippen molar-refractivity contribution in [2.45, 2.75) is 87.2 Å². The number of carbonyl (C=O) groups is 1. The smallest absolute Gasteiger partial charge is 0.471 e. The molecule has 1 fully saturated rings. The third-order valence-electron chi connectivity index (χ3n) is 8.10. The van der Waals surface area contributed by atoms with Gasteiger partial charge in [-0.3, -0.25) is 8.98 Å². The van der Waals surface area contributed by atoms with Crippen LogP contribution < -0.4 is 5.32 Å². The van der Waals surface area contributed by atoms with Gasteiger partial charge in [0.1, 0.15) is 12.7 Å². The fourth-order valence-corrected chi connectivity index (χ4v) is 6.63. The second-order valence-electron chi connectivity index (χ2n) is 10.9. The van der Waals surface area contributed by atoms with E-state index in [9.17, 15) is 31.5 Å². The van der Waals surface area contributed by atoms with Crippen molar-refractivity contribution in [3.63, 3.8) is 0 Å². The summed E-state index contributed by atoms with van der Waals surface area (Å²) in [5, 5.41) is 13.5. The minimum atomic E-state index is -4.87. The summed E-state index contributed by atoms with van der Waals surface area (Å²) in [6.45, 7) is 1.11. The third kappa shape index (κ3) is 7.45. The lowest BCUT2D eigenvalue weighted by Gasteiger charge is -2.42. The van der Waals surface area contributed by atoms with Crippen LogP contribution in [0.15, 0.2) is 52.6 Å². The van der Waals surface area contributed by atoms with Crippen LogP contribution in [0.1, 0.15) is 50.5 Å². The molecule has 40 heavy (non-hydrogen) atoms. The number of benzene rings is 1. The van der Waals surface area contributed by atoms with Crippen LogP contribution in [0.2, 0.25) is 0 Å². The predicted molar refractivity (Wildman–Crippen MR) is 142 cm³/mol. The Morgan fingerprint density at radius 1 is 1.15 bits per heavy atom. The molecule has 1 aromatic rings. The number of halogens is 3. The summed E-state index contributed by atoms with van der Waals surface area (Å²) in [6.07, 6.45) is 2.98. The molecule has 2 aliphatic carbocycles. The molecule has 0 saturated carbocycles. The summed E-state index contributed by atoms with van der Waals surface area (Å²) in [7, 11) is -2.78. The lowest BCUT2D eigenvalue weighted by molar-refractivity contribution is -0.186. The number of allylic oxidation sites excluding steroid dienone is 1. The molecule has 0 bridgehead atoms. The molecule has 8 nitrogen and oxygen atoms in total. The Morgan fingerprint density at radius 2 is 1.88 bits per heavy atom. The van der Waals surface area contributed by atoms with Gasteiger partial charge in [0.25, 0.3) is 10.1 Å². The molecule has 222 valence electrons. The number of hydrogen-bond donors (Lipinski definition) is 2. The molecule has 3 unspecified atom stereocenters. The van der Waals surface area contributed by atoms with E-state index in [0.29, 0.717) is 37.4 Å². The van der Waals surface area contributed by atoms with Gasteiger partial charge in [0, 0.05) is 31.6 Å². The predicted octanol–water partition coefficient (Wildman–Crippen LogP) is 3.99. The van der Waals surface area contributed by atoms with E-state index in [1.165, 1.54) is 19.2 Å². The minimum absolute atomic E-state index is 0.0360. The van der Waals surface area contributed by atoms with E-state index >= 15 is 0 Å². The largest absolute Gasteiger partial charge is 0.490 e. The molecule has 1 aliphatic heterocycles. The first-order valence-corrected chi connectivity index (χ1v) is 15.0. The van der Waals surface area contributed by atoms with Gasteiger partial charge in [-0.2, -0.15) is 21.6 Å². The van der Waals surface area contributed by atoms with E-state index in [-0.39, 0.29) is 23.6 Å². The number of nitrogens with zero attached hydrogens (tertiary/aromatic N) is 1. The highest BCUT2D eigenvalue weighted by atomic mass is 32.2. The Kier molecular flexibility index (Phi) is 9.64. The molecule has 0 radical (unpaired) electrons. The van der Waals surface area contributed by atoms with E-state index in [2.05, 4.69) is 5.32 Å². The summed E-state index contributed by atoms with van der Waals surface area (Å²) < 4.78 is 74.6. The van der Waals surface area contributed by atoms with Gasteiger partial charge in [0.15, 0.2) is 0 Å². The van der Waals surface area contributed by atoms with E-state index in [1.54, 1.807) is 12.1 Å². The third-order valence-corrected chi connectivity index (χ3v) is 9.39. The Labute approximate surface area is 233 Å². The summed E-state index contributed by atoms with van der Waals surface area (Å²) in [5.41, 5.74) is 2.08. The van der Waals surface area contributed by atoms with Crippen LogP contribution in [0.5, 0.6) is 0 Å². The average molecular weight is 587 g/mol. The molecule has 12 heteroatoms. The molecule has 0 spiro atoms. The zero-order chi connectivity index (χ0) is 29.1. The quantitative estimate of drug-likeness (QED) is 0.333. The maximum atomic E-state index is 12.8. The van der Waals surface area contributed by atoms with E-state index < -0.39 is 41.0 Å². The second kappa shape index (κ2) is 12.6. The fourth-order valence-electron chi connectivity index (χ4n) is 5.69. The van der Waals surface area contributed by atoms with Gasteiger partial charge in [0.2, 0.25) is 0 Å². The van der Waals surface area contributed by atoms with Crippen LogP contribution in [0.3, 0.4) is 0 Å². The van der Waals surface area contributed by atoms with Crippen molar-refractivity contribution in [3.05, 3.63) is 53.3 Å². The van der Waals surface area contributed by atoms with Gasteiger partial charge in [-0.05, 0) is 69.6 Å². The number of amides is 1. The number of hydrogen-bond acceptors (Lipinski definition) is 7. The molecule has 3 aliphatic rings. The van der Waals surface area contributed by atoms with Crippen LogP contribution in [0, 0.1) is 12.8 Å². The fraction of sp³-hybridized carbons (Fsp3) is 0.607. The number of fused-ring (bicyclic) bond motifs is 1. The number of piperidine rings is 1. The molecular formula is C28H37F3N2O6S. The minimum Gasteiger partial charge on any atom is -0.490 e. The van der Waals surface area contributed by atoms with Crippen molar-refractivity contribution in [2.24, 2.45) is 5.92 Å². The average Bonchev–Trinajstić information content (AvgIpc) is 2.94. The maximum absolute atomic E-state index is 12.8. The standard InChI is InChI=1S/C28H37F3N2O6S/c1-18-3-12-24(13-4-18)40(36,37)38-17-23(16-34)39-22-11-7-20-8-14-25(32-26(20)15-22)19-5-9-21(10-6-19)33(2)27(35)28(29,30)31/h3-5,11-13,20-21,23,25-26,32,34H,6-10,14-17H2,1-2H3/t20-,21?,23?,25?,26-/m0/s1. The highest BCUT2D eigenvalue weighted by Gasteiger charge is 2.43. The van der Waals surface area contributed by atoms with E-state index in [1.807, 2.05) is 19.1 Å². The highest BCUT2D eigenvalue weighted by Crippen LogP contribution is 2.36. The first-order valence-electron chi connectivity index (χ1n) is 13.6. The number of aliphatic hydroxyl groups is 1. The van der Waals surface area contributed by atoms with Crippen molar-refractivity contribution in [3.8, 4) is 0 Å². The number of aliphatic hydroxyl groups excluding tert-OH is 1. The number of alkyl halides is 3. The number of carbonyl (C=O) groups excluding carboxylic acids is 1. The maximum Gasteiger partial charge on any atom is 0.471 e. The van der Waals surface area contributed by atoms with Gasteiger partial charge in [-0.15, -0.1) is 0 Å². The molecule has 0 aromatic heterocycles. The van der Waals surface area contributed by atoms with Gasteiger partial charge in [-0.1, -0.05) is 29.3 Å². The van der Waals surface area contributed by atoms with Crippen LogP contribution in [0.25, 0.3) is 0 Å². The van der Waals surface area contributed by atoms with Crippen molar-refractivity contribution < 1.29 is 40.4 Å². The molecule has 1 heterocycles. The first-order chi connectivity index (χ1) is 18.9. The highest BCUT2D eigenvalue weighted by molar-refractivity contribution is 7.86. The molecule has 1 aromatic carbocycles. The zero-order valence-electron chi connectivity index (χ0n) is 22.7. The lowest BCUT2D eigenvalue weighted by atomic mass is 9.77. The monoisotopic (exact) mass is 586 g/mol. The van der Waals surface area contributed by atoms with Crippen LogP contribution in [0.4, 0.5) is 13.2 Å². The summed E-state index contributed by atoms with van der Waals surface area (Å²) in [4.78, 5) is 12.4. The topological polar surface area (TPSA) is 105 Å². The van der Waals surface area contributed by atoms with E-state index in [4.69, 9.17) is 8.92 Å². The van der Waals surface area contributed by atoms with E-state index in [0.717, 1.165) is 35.3 Å². The number of ether oxygens (including phenoxy) is 1. The Balaban J connectivity index is 1.30. The molecular weight excluding hydrogens is 549 g/mol. The molecule has 4 rings (SSSR count). The molecule has 5 atom stereocenters. The van der Waals surface area contributed by atoms with Crippen molar-refractivity contribution in [2.75, 3.05) is 20.3 Å². The normalized spacial score (nSPS) is 26.2. The molecule has 1 amide bonds. The number of aryl methyl sites for hydroxylation is 1. The van der Waals surface area contributed by atoms with Gasteiger partial charge >= 0.3 is 12.1 Å². The Morgan fingerprint density at radius 3 is 2.50 bits per heavy atom. The van der Waals surface area contributed by atoms with Gasteiger partial charge in [-0.25, -0.2) is 0 Å². The summed E-state index contributed by atoms with van der Waals surface area (Å²) >= 11 is 0. The second-order valence-corrected chi connectivity index (χ2v) is 12.5. The summed E-state index contributed by atoms with van der Waals surface area (Å²) in [6, 6.07) is 6.04. The molecule has 1 saturated heterocycles. The lowest BCUT2D eigenvalue weighted by Crippen LogP contribution is -2.50. The van der Waals surface area contributed by atoms with Crippen molar-refractivity contribution in [1.82, 2.24) is 10.2 Å². The van der Waals surface area contributed by atoms with Crippen molar-refractivity contribution >= 4 is 16.0 Å². The van der Waals surface area contributed by atoms with Crippen LogP contribution in [-0.4, -0.2) is 75.0 Å². The van der Waals surface area contributed by atoms with Crippen molar-refractivity contribution in [1.29, 1.82) is 0 Å². The van der Waals surface area contributed by atoms with Crippen LogP contribution in [-0.2, 0) is 23.8 Å². The van der Waals surface area contributed by atoms with Gasteiger partial charge < -0.3 is 20.1 Å². The number of rotatable bonds is 9.